The Morgan fingerprint density at radius 2 is 2.11 bits per heavy atom. The van der Waals surface area contributed by atoms with Crippen LogP contribution in [0.1, 0.15) is 49.1 Å². The van der Waals surface area contributed by atoms with Crippen LogP contribution in [-0.4, -0.2) is 24.0 Å². The Hall–Kier alpha value is -0.380. The first-order chi connectivity index (χ1) is 8.74. The number of nitrogens with zero attached hydrogens (tertiary/aromatic N) is 1. The van der Waals surface area contributed by atoms with Crippen molar-refractivity contribution in [3.8, 4) is 0 Å². The second-order valence-electron chi connectivity index (χ2n) is 6.00. The molecule has 3 rings (SSSR count). The topological polar surface area (TPSA) is 29.3 Å². The van der Waals surface area contributed by atoms with Gasteiger partial charge in [-0.2, -0.15) is 0 Å². The van der Waals surface area contributed by atoms with Gasteiger partial charge in [-0.25, -0.2) is 0 Å². The van der Waals surface area contributed by atoms with Gasteiger partial charge in [-0.15, -0.1) is 11.3 Å². The summed E-state index contributed by atoms with van der Waals surface area (Å²) < 4.78 is 0. The van der Waals surface area contributed by atoms with E-state index in [2.05, 4.69) is 23.3 Å². The molecule has 1 aromatic heterocycles. The Bertz CT molecular complexity index is 393. The molecule has 0 aromatic carbocycles. The lowest BCUT2D eigenvalue weighted by atomic mass is 9.85. The fourth-order valence-electron chi connectivity index (χ4n) is 3.51. The summed E-state index contributed by atoms with van der Waals surface area (Å²) >= 11 is 1.93. The number of nitrogens with two attached hydrogens (primary N) is 1. The molecule has 1 aromatic rings. The zero-order valence-corrected chi connectivity index (χ0v) is 12.1. The average Bonchev–Trinajstić information content (AvgIpc) is 2.84. The highest BCUT2D eigenvalue weighted by Gasteiger charge is 2.28. The summed E-state index contributed by atoms with van der Waals surface area (Å²) in [5.41, 5.74) is 7.58. The highest BCUT2D eigenvalue weighted by atomic mass is 32.1. The highest BCUT2D eigenvalue weighted by Crippen LogP contribution is 2.34. The average molecular weight is 264 g/mol. The van der Waals surface area contributed by atoms with Gasteiger partial charge < -0.3 is 5.73 Å². The van der Waals surface area contributed by atoms with E-state index in [-0.39, 0.29) is 0 Å². The molecule has 3 heteroatoms. The van der Waals surface area contributed by atoms with Crippen LogP contribution in [0.5, 0.6) is 0 Å². The van der Waals surface area contributed by atoms with Crippen LogP contribution in [0.25, 0.3) is 0 Å². The van der Waals surface area contributed by atoms with E-state index >= 15 is 0 Å². The van der Waals surface area contributed by atoms with E-state index in [1.165, 1.54) is 45.2 Å². The largest absolute Gasteiger partial charge is 0.328 e. The highest BCUT2D eigenvalue weighted by molar-refractivity contribution is 7.10. The molecule has 2 N–H and O–H groups in total. The van der Waals surface area contributed by atoms with E-state index in [1.807, 2.05) is 11.3 Å². The van der Waals surface area contributed by atoms with Crippen LogP contribution in [0.15, 0.2) is 11.4 Å². The SMILES string of the molecule is CC1c2ccsc2CCN1CC1CCC(N)CC1. The van der Waals surface area contributed by atoms with E-state index < -0.39 is 0 Å². The van der Waals surface area contributed by atoms with Gasteiger partial charge in [0.1, 0.15) is 0 Å². The summed E-state index contributed by atoms with van der Waals surface area (Å²) in [6.07, 6.45) is 6.39. The van der Waals surface area contributed by atoms with Crippen LogP contribution in [-0.2, 0) is 6.42 Å². The molecule has 2 heterocycles. The molecule has 0 amide bonds. The summed E-state index contributed by atoms with van der Waals surface area (Å²) in [6.45, 7) is 4.90. The minimum Gasteiger partial charge on any atom is -0.328 e. The molecular weight excluding hydrogens is 240 g/mol. The monoisotopic (exact) mass is 264 g/mol. The van der Waals surface area contributed by atoms with Gasteiger partial charge >= 0.3 is 0 Å². The van der Waals surface area contributed by atoms with Gasteiger partial charge in [0.05, 0.1) is 0 Å². The van der Waals surface area contributed by atoms with Gasteiger partial charge in [-0.1, -0.05) is 0 Å². The Morgan fingerprint density at radius 1 is 1.33 bits per heavy atom. The molecular formula is C15H24N2S. The minimum absolute atomic E-state index is 0.475. The zero-order valence-electron chi connectivity index (χ0n) is 11.3. The quantitative estimate of drug-likeness (QED) is 0.889. The Kier molecular flexibility index (Phi) is 3.73. The summed E-state index contributed by atoms with van der Waals surface area (Å²) in [4.78, 5) is 4.31. The first-order valence-corrected chi connectivity index (χ1v) is 8.18. The third-order valence-electron chi connectivity index (χ3n) is 4.79. The lowest BCUT2D eigenvalue weighted by Crippen LogP contribution is -2.39. The van der Waals surface area contributed by atoms with Crippen molar-refractivity contribution in [1.29, 1.82) is 0 Å². The van der Waals surface area contributed by atoms with Crippen molar-refractivity contribution in [1.82, 2.24) is 4.90 Å². The number of hydrogen-bond acceptors (Lipinski definition) is 3. The van der Waals surface area contributed by atoms with E-state index in [0.29, 0.717) is 12.1 Å². The second-order valence-corrected chi connectivity index (χ2v) is 7.00. The van der Waals surface area contributed by atoms with Crippen molar-refractivity contribution in [2.24, 2.45) is 11.7 Å². The van der Waals surface area contributed by atoms with Crippen LogP contribution in [0.4, 0.5) is 0 Å². The van der Waals surface area contributed by atoms with E-state index in [1.54, 1.807) is 10.4 Å². The molecule has 0 bridgehead atoms. The number of hydrogen-bond donors (Lipinski definition) is 1. The van der Waals surface area contributed by atoms with E-state index in [4.69, 9.17) is 5.73 Å². The van der Waals surface area contributed by atoms with Crippen molar-refractivity contribution in [3.05, 3.63) is 21.9 Å². The van der Waals surface area contributed by atoms with Gasteiger partial charge in [0.15, 0.2) is 0 Å². The zero-order chi connectivity index (χ0) is 12.5. The summed E-state index contributed by atoms with van der Waals surface area (Å²) in [6, 6.07) is 3.42. The van der Waals surface area contributed by atoms with Gasteiger partial charge in [0.25, 0.3) is 0 Å². The van der Waals surface area contributed by atoms with Gasteiger partial charge in [-0.3, -0.25) is 4.90 Å². The normalized spacial score (nSPS) is 33.3. The van der Waals surface area contributed by atoms with Crippen molar-refractivity contribution in [3.63, 3.8) is 0 Å². The summed E-state index contributed by atoms with van der Waals surface area (Å²) in [5, 5.41) is 2.25. The van der Waals surface area contributed by atoms with Gasteiger partial charge in [-0.05, 0) is 62.0 Å². The first-order valence-electron chi connectivity index (χ1n) is 7.30. The molecule has 1 aliphatic heterocycles. The van der Waals surface area contributed by atoms with E-state index in [0.717, 1.165) is 5.92 Å². The predicted molar refractivity (Wildman–Crippen MR) is 77.9 cm³/mol. The molecule has 0 radical (unpaired) electrons. The maximum absolute atomic E-state index is 5.99. The first kappa shape index (κ1) is 12.6. The molecule has 18 heavy (non-hydrogen) atoms. The van der Waals surface area contributed by atoms with Crippen molar-refractivity contribution >= 4 is 11.3 Å². The molecule has 1 aliphatic carbocycles. The molecule has 1 unspecified atom stereocenters. The maximum Gasteiger partial charge on any atom is 0.0331 e. The minimum atomic E-state index is 0.475. The predicted octanol–water partition coefficient (Wildman–Crippen LogP) is 3.18. The lowest BCUT2D eigenvalue weighted by molar-refractivity contribution is 0.147. The third-order valence-corrected chi connectivity index (χ3v) is 5.78. The molecule has 100 valence electrons. The fourth-order valence-corrected chi connectivity index (χ4v) is 4.48. The molecule has 0 saturated heterocycles. The van der Waals surface area contributed by atoms with Gasteiger partial charge in [0, 0.05) is 30.1 Å². The number of thiophene rings is 1. The van der Waals surface area contributed by atoms with Crippen LogP contribution >= 0.6 is 11.3 Å². The number of rotatable bonds is 2. The third kappa shape index (κ3) is 2.49. The standard InChI is InChI=1S/C15H24N2S/c1-11-14-7-9-18-15(14)6-8-17(11)10-12-2-4-13(16)5-3-12/h7,9,11-13H,2-6,8,10,16H2,1H3. The van der Waals surface area contributed by atoms with Crippen molar-refractivity contribution < 1.29 is 0 Å². The summed E-state index contributed by atoms with van der Waals surface area (Å²) in [7, 11) is 0. The molecule has 0 spiro atoms. The number of fused-ring (bicyclic) bond motifs is 1. The smallest absolute Gasteiger partial charge is 0.0331 e. The maximum atomic E-state index is 5.99. The Morgan fingerprint density at radius 3 is 2.89 bits per heavy atom. The summed E-state index contributed by atoms with van der Waals surface area (Å²) in [5.74, 6) is 0.882. The van der Waals surface area contributed by atoms with Crippen molar-refractivity contribution in [2.75, 3.05) is 13.1 Å². The fraction of sp³-hybridized carbons (Fsp3) is 0.733. The molecule has 1 atom stereocenters. The van der Waals surface area contributed by atoms with Crippen molar-refractivity contribution in [2.45, 2.75) is 51.1 Å². The van der Waals surface area contributed by atoms with Crippen LogP contribution in [0.3, 0.4) is 0 Å². The van der Waals surface area contributed by atoms with Crippen LogP contribution < -0.4 is 5.73 Å². The molecule has 1 fully saturated rings. The lowest BCUT2D eigenvalue weighted by Gasteiger charge is -2.37. The van der Waals surface area contributed by atoms with Crippen LogP contribution in [0.2, 0.25) is 0 Å². The molecule has 2 aliphatic rings. The molecule has 2 nitrogen and oxygen atoms in total. The molecule has 1 saturated carbocycles. The van der Waals surface area contributed by atoms with E-state index in [9.17, 15) is 0 Å². The van der Waals surface area contributed by atoms with Crippen LogP contribution in [0, 0.1) is 5.92 Å². The van der Waals surface area contributed by atoms with Gasteiger partial charge in [0.2, 0.25) is 0 Å². The second kappa shape index (κ2) is 5.32. The Labute approximate surface area is 114 Å². The Balaban J connectivity index is 1.61.